The van der Waals surface area contributed by atoms with Crippen molar-refractivity contribution in [2.75, 3.05) is 18.2 Å². The zero-order valence-electron chi connectivity index (χ0n) is 7.64. The number of carbonyl (C=O) groups excluding carboxylic acids is 1. The zero-order chi connectivity index (χ0) is 9.68. The van der Waals surface area contributed by atoms with Gasteiger partial charge in [-0.05, 0) is 6.42 Å². The molecule has 2 amide bonds. The molecule has 0 unspecified atom stereocenters. The van der Waals surface area contributed by atoms with Gasteiger partial charge >= 0.3 is 6.03 Å². The third kappa shape index (κ3) is 2.80. The Hall–Kier alpha value is -0.910. The number of carbonyl (C=O) groups is 1. The van der Waals surface area contributed by atoms with Crippen LogP contribution in [0.3, 0.4) is 0 Å². The second kappa shape index (κ2) is 4.96. The molecule has 0 aliphatic carbocycles. The van der Waals surface area contributed by atoms with Crippen molar-refractivity contribution in [3.63, 3.8) is 0 Å². The summed E-state index contributed by atoms with van der Waals surface area (Å²) in [5, 5.41) is 7.15. The Bertz CT molecular complexity index is 209. The van der Waals surface area contributed by atoms with Gasteiger partial charge in [0, 0.05) is 18.5 Å². The summed E-state index contributed by atoms with van der Waals surface area (Å²) in [7, 11) is 0. The highest BCUT2D eigenvalue weighted by molar-refractivity contribution is 7.99. The molecular weight excluding hydrogens is 188 g/mol. The summed E-state index contributed by atoms with van der Waals surface area (Å²) < 4.78 is 0. The van der Waals surface area contributed by atoms with Crippen molar-refractivity contribution in [3.8, 4) is 0 Å². The van der Waals surface area contributed by atoms with Crippen LogP contribution in [0.4, 0.5) is 4.79 Å². The van der Waals surface area contributed by atoms with Crippen LogP contribution in [-0.4, -0.2) is 40.5 Å². The number of nitrogens with zero attached hydrogens (tertiary/aromatic N) is 3. The van der Waals surface area contributed by atoms with E-state index in [9.17, 15) is 4.79 Å². The predicted molar refractivity (Wildman–Crippen MR) is 54.2 cm³/mol. The van der Waals surface area contributed by atoms with Crippen molar-refractivity contribution in [3.05, 3.63) is 0 Å². The van der Waals surface area contributed by atoms with Gasteiger partial charge in [-0.1, -0.05) is 6.92 Å². The van der Waals surface area contributed by atoms with Crippen molar-refractivity contribution in [1.82, 2.24) is 10.1 Å². The van der Waals surface area contributed by atoms with Gasteiger partial charge in [0.1, 0.15) is 5.88 Å². The summed E-state index contributed by atoms with van der Waals surface area (Å²) in [4.78, 5) is 11.0. The standard InChI is InChI=1S/C7H14N4OS/c1-2-4-10(7(8)12)11-6-13-5-3-9-11/h3H,2,4-6H2,1H3,(H2,8,12). The molecule has 0 saturated heterocycles. The Morgan fingerprint density at radius 3 is 3.08 bits per heavy atom. The maximum atomic E-state index is 11.0. The van der Waals surface area contributed by atoms with E-state index in [0.29, 0.717) is 12.4 Å². The molecule has 0 bridgehead atoms. The first-order chi connectivity index (χ1) is 6.25. The van der Waals surface area contributed by atoms with Gasteiger partial charge in [-0.3, -0.25) is 0 Å². The fourth-order valence-corrected chi connectivity index (χ4v) is 1.68. The highest BCUT2D eigenvalue weighted by Crippen LogP contribution is 2.11. The molecule has 1 rings (SSSR count). The molecule has 6 heteroatoms. The average molecular weight is 202 g/mol. The summed E-state index contributed by atoms with van der Waals surface area (Å²) in [6.45, 7) is 2.62. The van der Waals surface area contributed by atoms with Gasteiger partial charge in [0.2, 0.25) is 0 Å². The molecule has 0 saturated carbocycles. The topological polar surface area (TPSA) is 61.9 Å². The highest BCUT2D eigenvalue weighted by Gasteiger charge is 2.17. The zero-order valence-corrected chi connectivity index (χ0v) is 8.46. The first-order valence-electron chi connectivity index (χ1n) is 4.20. The van der Waals surface area contributed by atoms with Crippen LogP contribution >= 0.6 is 11.8 Å². The quantitative estimate of drug-likeness (QED) is 0.732. The lowest BCUT2D eigenvalue weighted by Gasteiger charge is -2.31. The van der Waals surface area contributed by atoms with Gasteiger partial charge < -0.3 is 5.73 Å². The number of thioether (sulfide) groups is 1. The molecule has 0 aromatic carbocycles. The number of hydrazine groups is 1. The second-order valence-electron chi connectivity index (χ2n) is 2.63. The minimum Gasteiger partial charge on any atom is -0.350 e. The lowest BCUT2D eigenvalue weighted by molar-refractivity contribution is 0.0392. The smallest absolute Gasteiger partial charge is 0.334 e. The Morgan fingerprint density at radius 1 is 1.85 bits per heavy atom. The van der Waals surface area contributed by atoms with Crippen LogP contribution < -0.4 is 5.73 Å². The number of hydrogen-bond donors (Lipinski definition) is 1. The van der Waals surface area contributed by atoms with E-state index in [1.165, 1.54) is 5.01 Å². The molecule has 1 heterocycles. The van der Waals surface area contributed by atoms with E-state index in [1.807, 2.05) is 6.92 Å². The average Bonchev–Trinajstić information content (AvgIpc) is 2.15. The summed E-state index contributed by atoms with van der Waals surface area (Å²) >= 11 is 1.70. The molecule has 74 valence electrons. The van der Waals surface area contributed by atoms with Crippen LogP contribution in [0.25, 0.3) is 0 Å². The summed E-state index contributed by atoms with van der Waals surface area (Å²) in [6.07, 6.45) is 2.65. The maximum absolute atomic E-state index is 11.0. The number of nitrogens with two attached hydrogens (primary N) is 1. The van der Waals surface area contributed by atoms with Crippen molar-refractivity contribution in [1.29, 1.82) is 0 Å². The molecule has 1 aliphatic rings. The van der Waals surface area contributed by atoms with E-state index >= 15 is 0 Å². The van der Waals surface area contributed by atoms with Crippen LogP contribution in [-0.2, 0) is 0 Å². The van der Waals surface area contributed by atoms with Crippen molar-refractivity contribution >= 4 is 24.0 Å². The summed E-state index contributed by atoms with van der Waals surface area (Å²) in [6, 6.07) is -0.443. The number of primary amides is 1. The monoisotopic (exact) mass is 202 g/mol. The van der Waals surface area contributed by atoms with Crippen molar-refractivity contribution in [2.24, 2.45) is 10.8 Å². The molecule has 2 N–H and O–H groups in total. The van der Waals surface area contributed by atoms with E-state index in [4.69, 9.17) is 5.73 Å². The largest absolute Gasteiger partial charge is 0.350 e. The van der Waals surface area contributed by atoms with Crippen LogP contribution in [0, 0.1) is 0 Å². The van der Waals surface area contributed by atoms with Crippen LogP contribution in [0.2, 0.25) is 0 Å². The molecule has 5 nitrogen and oxygen atoms in total. The minimum absolute atomic E-state index is 0.443. The van der Waals surface area contributed by atoms with Gasteiger partial charge in [-0.2, -0.15) is 10.2 Å². The molecule has 0 aromatic rings. The Kier molecular flexibility index (Phi) is 3.88. The fourth-order valence-electron chi connectivity index (χ4n) is 1.03. The van der Waals surface area contributed by atoms with Crippen LogP contribution in [0.15, 0.2) is 5.10 Å². The summed E-state index contributed by atoms with van der Waals surface area (Å²) in [5.74, 6) is 1.59. The molecule has 0 fully saturated rings. The van der Waals surface area contributed by atoms with Gasteiger partial charge in [0.05, 0.1) is 0 Å². The molecule has 0 spiro atoms. The van der Waals surface area contributed by atoms with Gasteiger partial charge in [-0.15, -0.1) is 11.8 Å². The van der Waals surface area contributed by atoms with E-state index in [-0.39, 0.29) is 0 Å². The first kappa shape index (κ1) is 10.2. The minimum atomic E-state index is -0.443. The van der Waals surface area contributed by atoms with E-state index in [1.54, 1.807) is 23.1 Å². The molecular formula is C7H14N4OS. The first-order valence-corrected chi connectivity index (χ1v) is 5.35. The van der Waals surface area contributed by atoms with Crippen molar-refractivity contribution in [2.45, 2.75) is 13.3 Å². The fraction of sp³-hybridized carbons (Fsp3) is 0.714. The molecule has 13 heavy (non-hydrogen) atoms. The summed E-state index contributed by atoms with van der Waals surface area (Å²) in [5.41, 5.74) is 5.22. The molecule has 0 radical (unpaired) electrons. The van der Waals surface area contributed by atoms with E-state index < -0.39 is 6.03 Å². The van der Waals surface area contributed by atoms with Crippen LogP contribution in [0.1, 0.15) is 13.3 Å². The van der Waals surface area contributed by atoms with Crippen LogP contribution in [0.5, 0.6) is 0 Å². The third-order valence-electron chi connectivity index (χ3n) is 1.58. The second-order valence-corrected chi connectivity index (χ2v) is 3.63. The van der Waals surface area contributed by atoms with Gasteiger partial charge in [-0.25, -0.2) is 9.80 Å². The number of rotatable bonds is 3. The normalized spacial score (nSPS) is 15.9. The number of hydrogen-bond acceptors (Lipinski definition) is 4. The van der Waals surface area contributed by atoms with Crippen molar-refractivity contribution < 1.29 is 4.79 Å². The maximum Gasteiger partial charge on any atom is 0.334 e. The van der Waals surface area contributed by atoms with E-state index in [0.717, 1.165) is 12.2 Å². The van der Waals surface area contributed by atoms with E-state index in [2.05, 4.69) is 5.10 Å². The molecule has 0 atom stereocenters. The van der Waals surface area contributed by atoms with Gasteiger partial charge in [0.15, 0.2) is 0 Å². The lowest BCUT2D eigenvalue weighted by atomic mass is 10.5. The Morgan fingerprint density at radius 2 is 2.62 bits per heavy atom. The highest BCUT2D eigenvalue weighted by atomic mass is 32.2. The number of hydrazone groups is 1. The number of amides is 2. The predicted octanol–water partition coefficient (Wildman–Crippen LogP) is 0.684. The third-order valence-corrected chi connectivity index (χ3v) is 2.38. The Labute approximate surface area is 81.9 Å². The SMILES string of the molecule is CCCN(C(N)=O)N1CSCC=N1. The van der Waals surface area contributed by atoms with Gasteiger partial charge in [0.25, 0.3) is 0 Å². The Balaban J connectivity index is 2.57. The lowest BCUT2D eigenvalue weighted by Crippen LogP contribution is -2.47. The molecule has 0 aromatic heterocycles. The number of urea groups is 1. The molecule has 1 aliphatic heterocycles.